The maximum absolute atomic E-state index is 9.51. The maximum Gasteiger partial charge on any atom is 0.0761 e. The molecule has 19 heavy (non-hydrogen) atoms. The zero-order chi connectivity index (χ0) is 13.8. The molecule has 0 bridgehead atoms. The van der Waals surface area contributed by atoms with Crippen molar-refractivity contribution < 1.29 is 5.11 Å². The van der Waals surface area contributed by atoms with Crippen LogP contribution in [0.5, 0.6) is 0 Å². The van der Waals surface area contributed by atoms with E-state index in [-0.39, 0.29) is 0 Å². The molecule has 0 fully saturated rings. The molecule has 2 aromatic rings. The molecule has 2 rings (SSSR count). The Morgan fingerprint density at radius 1 is 1.11 bits per heavy atom. The van der Waals surface area contributed by atoms with Crippen molar-refractivity contribution in [2.75, 3.05) is 11.9 Å². The van der Waals surface area contributed by atoms with Gasteiger partial charge < -0.3 is 10.0 Å². The van der Waals surface area contributed by atoms with Crippen molar-refractivity contribution >= 4 is 5.69 Å². The van der Waals surface area contributed by atoms with Crippen molar-refractivity contribution in [3.8, 4) is 0 Å². The third-order valence-electron chi connectivity index (χ3n) is 3.32. The second kappa shape index (κ2) is 5.89. The molecular formula is C17H21NO. The molecule has 0 saturated heterocycles. The average molecular weight is 255 g/mol. The first-order chi connectivity index (χ1) is 9.06. The second-order valence-corrected chi connectivity index (χ2v) is 5.11. The van der Waals surface area contributed by atoms with Crippen LogP contribution in [0.4, 0.5) is 5.69 Å². The predicted molar refractivity (Wildman–Crippen MR) is 80.4 cm³/mol. The molecule has 0 aliphatic carbocycles. The molecule has 0 radical (unpaired) electrons. The fraction of sp³-hybridized carbons (Fsp3) is 0.294. The summed E-state index contributed by atoms with van der Waals surface area (Å²) in [4.78, 5) is 2.21. The summed E-state index contributed by atoms with van der Waals surface area (Å²) in [5.74, 6) is 0. The maximum atomic E-state index is 9.51. The Bertz CT molecular complexity index is 531. The van der Waals surface area contributed by atoms with Crippen LogP contribution >= 0.6 is 0 Å². The third kappa shape index (κ3) is 3.58. The Balaban J connectivity index is 2.09. The summed E-state index contributed by atoms with van der Waals surface area (Å²) in [5, 5.41) is 9.51. The average Bonchev–Trinajstić information content (AvgIpc) is 2.39. The number of hydrogen-bond donors (Lipinski definition) is 1. The van der Waals surface area contributed by atoms with Gasteiger partial charge in [-0.3, -0.25) is 0 Å². The number of aliphatic hydroxyl groups is 1. The van der Waals surface area contributed by atoms with Crippen molar-refractivity contribution in [2.24, 2.45) is 0 Å². The fourth-order valence-electron chi connectivity index (χ4n) is 2.18. The van der Waals surface area contributed by atoms with E-state index in [9.17, 15) is 5.11 Å². The van der Waals surface area contributed by atoms with Crippen LogP contribution in [0.2, 0.25) is 0 Å². The van der Waals surface area contributed by atoms with E-state index in [1.807, 2.05) is 12.1 Å². The Labute approximate surface area is 115 Å². The Hall–Kier alpha value is -1.80. The number of aliphatic hydroxyl groups excluding tert-OH is 1. The van der Waals surface area contributed by atoms with Crippen molar-refractivity contribution in [1.29, 1.82) is 0 Å². The first-order valence-corrected chi connectivity index (χ1v) is 6.61. The van der Waals surface area contributed by atoms with Gasteiger partial charge in [0.05, 0.1) is 6.10 Å². The molecule has 0 aliphatic heterocycles. The molecule has 0 amide bonds. The van der Waals surface area contributed by atoms with Crippen molar-refractivity contribution in [3.05, 3.63) is 65.2 Å². The van der Waals surface area contributed by atoms with E-state index >= 15 is 0 Å². The predicted octanol–water partition coefficient (Wildman–Crippen LogP) is 3.68. The van der Waals surface area contributed by atoms with E-state index in [2.05, 4.69) is 55.3 Å². The van der Waals surface area contributed by atoms with E-state index < -0.39 is 6.10 Å². The van der Waals surface area contributed by atoms with Gasteiger partial charge in [0.15, 0.2) is 0 Å². The summed E-state index contributed by atoms with van der Waals surface area (Å²) in [6, 6.07) is 16.6. The van der Waals surface area contributed by atoms with Gasteiger partial charge in [-0.25, -0.2) is 0 Å². The molecule has 1 N–H and O–H groups in total. The lowest BCUT2D eigenvalue weighted by Gasteiger charge is -2.20. The molecule has 0 aliphatic rings. The van der Waals surface area contributed by atoms with Crippen molar-refractivity contribution in [1.82, 2.24) is 0 Å². The van der Waals surface area contributed by atoms with E-state index in [4.69, 9.17) is 0 Å². The number of aryl methyl sites for hydroxylation is 1. The third-order valence-corrected chi connectivity index (χ3v) is 3.32. The SMILES string of the molecule is Cc1cccc(CN(C)c2ccc([C@@H](C)O)cc2)c1. The van der Waals surface area contributed by atoms with Gasteiger partial charge in [-0.2, -0.15) is 0 Å². The number of anilines is 1. The lowest BCUT2D eigenvalue weighted by molar-refractivity contribution is 0.199. The summed E-state index contributed by atoms with van der Waals surface area (Å²) in [6.45, 7) is 4.78. The van der Waals surface area contributed by atoms with Crippen LogP contribution in [0, 0.1) is 6.92 Å². The molecule has 100 valence electrons. The molecule has 1 atom stereocenters. The number of hydrogen-bond acceptors (Lipinski definition) is 2. The molecular weight excluding hydrogens is 234 g/mol. The van der Waals surface area contributed by atoms with Gasteiger partial charge >= 0.3 is 0 Å². The molecule has 0 aromatic heterocycles. The van der Waals surface area contributed by atoms with Crippen LogP contribution < -0.4 is 4.90 Å². The second-order valence-electron chi connectivity index (χ2n) is 5.11. The van der Waals surface area contributed by atoms with Gasteiger partial charge in [0, 0.05) is 19.3 Å². The number of nitrogens with zero attached hydrogens (tertiary/aromatic N) is 1. The molecule has 0 unspecified atom stereocenters. The van der Waals surface area contributed by atoms with E-state index in [0.29, 0.717) is 0 Å². The monoisotopic (exact) mass is 255 g/mol. The molecule has 2 heteroatoms. The largest absolute Gasteiger partial charge is 0.389 e. The lowest BCUT2D eigenvalue weighted by Crippen LogP contribution is -2.16. The minimum atomic E-state index is -0.406. The van der Waals surface area contributed by atoms with Crippen LogP contribution in [0.1, 0.15) is 29.7 Å². The van der Waals surface area contributed by atoms with Crippen LogP contribution in [0.25, 0.3) is 0 Å². The highest BCUT2D eigenvalue weighted by Gasteiger charge is 2.04. The smallest absolute Gasteiger partial charge is 0.0761 e. The van der Waals surface area contributed by atoms with Gasteiger partial charge in [0.2, 0.25) is 0 Å². The number of rotatable bonds is 4. The standard InChI is InChI=1S/C17H21NO/c1-13-5-4-6-15(11-13)12-18(3)17-9-7-16(8-10-17)14(2)19/h4-11,14,19H,12H2,1-3H3/t14-/m1/s1. The highest BCUT2D eigenvalue weighted by Crippen LogP contribution is 2.19. The minimum Gasteiger partial charge on any atom is -0.389 e. The zero-order valence-electron chi connectivity index (χ0n) is 11.8. The summed E-state index contributed by atoms with van der Waals surface area (Å²) < 4.78 is 0. The van der Waals surface area contributed by atoms with Gasteiger partial charge in [0.1, 0.15) is 0 Å². The van der Waals surface area contributed by atoms with Gasteiger partial charge in [-0.05, 0) is 37.1 Å². The molecule has 0 spiro atoms. The molecule has 2 aromatic carbocycles. The van der Waals surface area contributed by atoms with Gasteiger partial charge in [-0.15, -0.1) is 0 Å². The van der Waals surface area contributed by atoms with Crippen molar-refractivity contribution in [3.63, 3.8) is 0 Å². The first kappa shape index (κ1) is 13.6. The lowest BCUT2D eigenvalue weighted by atomic mass is 10.1. The normalized spacial score (nSPS) is 12.2. The molecule has 0 heterocycles. The Morgan fingerprint density at radius 2 is 1.79 bits per heavy atom. The number of benzene rings is 2. The van der Waals surface area contributed by atoms with Crippen LogP contribution in [0.15, 0.2) is 48.5 Å². The minimum absolute atomic E-state index is 0.406. The van der Waals surface area contributed by atoms with E-state index in [0.717, 1.165) is 17.8 Å². The molecule has 0 saturated carbocycles. The fourth-order valence-corrected chi connectivity index (χ4v) is 2.18. The van der Waals surface area contributed by atoms with E-state index in [1.54, 1.807) is 6.92 Å². The highest BCUT2D eigenvalue weighted by molar-refractivity contribution is 5.47. The summed E-state index contributed by atoms with van der Waals surface area (Å²) >= 11 is 0. The zero-order valence-corrected chi connectivity index (χ0v) is 11.8. The Morgan fingerprint density at radius 3 is 2.37 bits per heavy atom. The summed E-state index contributed by atoms with van der Waals surface area (Å²) in [5.41, 5.74) is 4.70. The van der Waals surface area contributed by atoms with Crippen molar-refractivity contribution in [2.45, 2.75) is 26.5 Å². The van der Waals surface area contributed by atoms with Gasteiger partial charge in [-0.1, -0.05) is 42.0 Å². The Kier molecular flexibility index (Phi) is 4.23. The molecule has 2 nitrogen and oxygen atoms in total. The first-order valence-electron chi connectivity index (χ1n) is 6.61. The van der Waals surface area contributed by atoms with Crippen LogP contribution in [0.3, 0.4) is 0 Å². The summed E-state index contributed by atoms with van der Waals surface area (Å²) in [7, 11) is 2.08. The quantitative estimate of drug-likeness (QED) is 0.900. The summed E-state index contributed by atoms with van der Waals surface area (Å²) in [6.07, 6.45) is -0.406. The van der Waals surface area contributed by atoms with Gasteiger partial charge in [0.25, 0.3) is 0 Å². The van der Waals surface area contributed by atoms with E-state index in [1.165, 1.54) is 11.1 Å². The topological polar surface area (TPSA) is 23.5 Å². The van der Waals surface area contributed by atoms with Crippen LogP contribution in [-0.2, 0) is 6.54 Å². The highest BCUT2D eigenvalue weighted by atomic mass is 16.3. The van der Waals surface area contributed by atoms with Crippen LogP contribution in [-0.4, -0.2) is 12.2 Å².